The lowest BCUT2D eigenvalue weighted by atomic mass is 9.82. The molecule has 1 aromatic heterocycles. The van der Waals surface area contributed by atoms with E-state index in [-0.39, 0.29) is 24.4 Å². The van der Waals surface area contributed by atoms with Crippen molar-refractivity contribution in [2.24, 2.45) is 10.9 Å². The van der Waals surface area contributed by atoms with Crippen LogP contribution in [-0.2, 0) is 4.79 Å². The third-order valence-corrected chi connectivity index (χ3v) is 7.32. The van der Waals surface area contributed by atoms with Crippen LogP contribution in [0.2, 0.25) is 0 Å². The van der Waals surface area contributed by atoms with Crippen molar-refractivity contribution in [1.29, 1.82) is 0 Å². The minimum absolute atomic E-state index is 0.0408. The SMILES string of the molecule is CCC1=CC2=NC(=O)c3cnn(C4CCC4)c3C2=CC1C(=O)N1CCN(CCC(F)(F)F)CC1. The van der Waals surface area contributed by atoms with Gasteiger partial charge in [0.15, 0.2) is 0 Å². The lowest BCUT2D eigenvalue weighted by Crippen LogP contribution is -2.51. The molecule has 1 aromatic rings. The van der Waals surface area contributed by atoms with Crippen LogP contribution in [0.5, 0.6) is 0 Å². The van der Waals surface area contributed by atoms with Gasteiger partial charge in [0.05, 0.1) is 41.5 Å². The van der Waals surface area contributed by atoms with Crippen LogP contribution in [0.15, 0.2) is 28.9 Å². The van der Waals surface area contributed by atoms with E-state index < -0.39 is 18.5 Å². The number of fused-ring (bicyclic) bond motifs is 3. The number of aliphatic imine (C=N–C) groups is 1. The Morgan fingerprint density at radius 1 is 1.18 bits per heavy atom. The molecule has 2 aliphatic carbocycles. The molecule has 182 valence electrons. The number of hydrogen-bond donors (Lipinski definition) is 0. The number of nitrogens with zero attached hydrogens (tertiary/aromatic N) is 5. The Bertz CT molecular complexity index is 1090. The molecule has 1 atom stereocenters. The monoisotopic (exact) mass is 475 g/mol. The molecule has 0 aromatic carbocycles. The summed E-state index contributed by atoms with van der Waals surface area (Å²) in [6.45, 7) is 3.58. The number of aromatic nitrogens is 2. The van der Waals surface area contributed by atoms with Gasteiger partial charge in [0, 0.05) is 38.3 Å². The molecule has 1 saturated heterocycles. The van der Waals surface area contributed by atoms with E-state index in [0.717, 1.165) is 36.1 Å². The van der Waals surface area contributed by atoms with Gasteiger partial charge in [-0.2, -0.15) is 18.3 Å². The lowest BCUT2D eigenvalue weighted by molar-refractivity contribution is -0.142. The molecule has 4 aliphatic rings. The van der Waals surface area contributed by atoms with E-state index in [1.54, 1.807) is 16.0 Å². The van der Waals surface area contributed by atoms with Gasteiger partial charge in [0.25, 0.3) is 5.91 Å². The van der Waals surface area contributed by atoms with Gasteiger partial charge in [-0.05, 0) is 31.8 Å². The van der Waals surface area contributed by atoms with Crippen molar-refractivity contribution in [1.82, 2.24) is 19.6 Å². The van der Waals surface area contributed by atoms with Crippen LogP contribution >= 0.6 is 0 Å². The maximum atomic E-state index is 13.5. The molecular formula is C24H28F3N5O2. The number of carbonyl (C=O) groups excluding carboxylic acids is 2. The molecule has 1 saturated carbocycles. The first-order valence-electron chi connectivity index (χ1n) is 12.0. The van der Waals surface area contributed by atoms with Crippen LogP contribution in [0.25, 0.3) is 5.57 Å². The summed E-state index contributed by atoms with van der Waals surface area (Å²) in [5.74, 6) is -0.839. The predicted octanol–water partition coefficient (Wildman–Crippen LogP) is 3.65. The molecule has 5 rings (SSSR count). The Balaban J connectivity index is 1.37. The van der Waals surface area contributed by atoms with Gasteiger partial charge in [0.2, 0.25) is 5.91 Å². The summed E-state index contributed by atoms with van der Waals surface area (Å²) < 4.78 is 39.6. The van der Waals surface area contributed by atoms with E-state index >= 15 is 0 Å². The van der Waals surface area contributed by atoms with Crippen molar-refractivity contribution in [2.45, 2.75) is 51.2 Å². The number of carbonyl (C=O) groups is 2. The Labute approximate surface area is 196 Å². The van der Waals surface area contributed by atoms with Crippen molar-refractivity contribution in [3.05, 3.63) is 35.2 Å². The Hall–Kier alpha value is -2.75. The highest BCUT2D eigenvalue weighted by Crippen LogP contribution is 2.40. The van der Waals surface area contributed by atoms with Gasteiger partial charge in [-0.15, -0.1) is 0 Å². The van der Waals surface area contributed by atoms with E-state index in [1.807, 2.05) is 23.8 Å². The molecule has 0 spiro atoms. The highest BCUT2D eigenvalue weighted by molar-refractivity contribution is 6.36. The molecular weight excluding hydrogens is 447 g/mol. The number of amides is 2. The van der Waals surface area contributed by atoms with Crippen LogP contribution in [0.4, 0.5) is 13.2 Å². The summed E-state index contributed by atoms with van der Waals surface area (Å²) >= 11 is 0. The fourth-order valence-corrected chi connectivity index (χ4v) is 5.09. The highest BCUT2D eigenvalue weighted by Gasteiger charge is 2.38. The average Bonchev–Trinajstić information content (AvgIpc) is 3.20. The lowest BCUT2D eigenvalue weighted by Gasteiger charge is -2.37. The first-order valence-corrected chi connectivity index (χ1v) is 12.0. The molecule has 10 heteroatoms. The van der Waals surface area contributed by atoms with E-state index in [4.69, 9.17) is 0 Å². The molecule has 2 amide bonds. The zero-order valence-electron chi connectivity index (χ0n) is 19.1. The van der Waals surface area contributed by atoms with Crippen molar-refractivity contribution in [2.75, 3.05) is 32.7 Å². The maximum absolute atomic E-state index is 13.5. The van der Waals surface area contributed by atoms with Gasteiger partial charge in [-0.3, -0.25) is 19.2 Å². The number of rotatable bonds is 5. The third-order valence-electron chi connectivity index (χ3n) is 7.32. The van der Waals surface area contributed by atoms with Crippen molar-refractivity contribution in [3.8, 4) is 0 Å². The van der Waals surface area contributed by atoms with Crippen molar-refractivity contribution in [3.63, 3.8) is 0 Å². The predicted molar refractivity (Wildman–Crippen MR) is 120 cm³/mol. The number of alkyl halides is 3. The van der Waals surface area contributed by atoms with E-state index in [9.17, 15) is 22.8 Å². The van der Waals surface area contributed by atoms with Crippen LogP contribution < -0.4 is 0 Å². The Kier molecular flexibility index (Phi) is 5.95. The van der Waals surface area contributed by atoms with E-state index in [2.05, 4.69) is 10.1 Å². The number of halogens is 3. The second-order valence-electron chi connectivity index (χ2n) is 9.40. The molecule has 0 radical (unpaired) electrons. The number of piperazine rings is 1. The summed E-state index contributed by atoms with van der Waals surface area (Å²) in [6, 6.07) is 0.257. The average molecular weight is 476 g/mol. The van der Waals surface area contributed by atoms with Crippen LogP contribution in [0, 0.1) is 5.92 Å². The standard InChI is InChI=1S/C24H28F3N5O2/c1-2-15-12-20-18(21-19(22(33)29-20)14-28-32(21)16-4-3-5-16)13-17(15)23(34)31-10-8-30(9-11-31)7-6-24(25,26)27/h12-14,16-17H,2-11H2,1H3. The second-order valence-corrected chi connectivity index (χ2v) is 9.40. The zero-order valence-corrected chi connectivity index (χ0v) is 19.1. The molecule has 2 fully saturated rings. The smallest absolute Gasteiger partial charge is 0.339 e. The topological polar surface area (TPSA) is 70.8 Å². The maximum Gasteiger partial charge on any atom is 0.390 e. The van der Waals surface area contributed by atoms with Crippen LogP contribution in [0.1, 0.15) is 61.1 Å². The van der Waals surface area contributed by atoms with Crippen LogP contribution in [0.3, 0.4) is 0 Å². The first kappa shape index (κ1) is 23.0. The van der Waals surface area contributed by atoms with Gasteiger partial charge >= 0.3 is 6.18 Å². The minimum Gasteiger partial charge on any atom is -0.339 e. The third kappa shape index (κ3) is 4.23. The molecule has 0 N–H and O–H groups in total. The fourth-order valence-electron chi connectivity index (χ4n) is 5.09. The Morgan fingerprint density at radius 3 is 2.53 bits per heavy atom. The van der Waals surface area contributed by atoms with Crippen LogP contribution in [-0.4, -0.2) is 76.0 Å². The zero-order chi connectivity index (χ0) is 24.0. The number of hydrogen-bond acceptors (Lipinski definition) is 4. The van der Waals surface area contributed by atoms with Gasteiger partial charge in [0.1, 0.15) is 0 Å². The molecule has 0 bridgehead atoms. The largest absolute Gasteiger partial charge is 0.390 e. The molecule has 3 heterocycles. The number of allylic oxidation sites excluding steroid dienone is 2. The summed E-state index contributed by atoms with van der Waals surface area (Å²) in [5.41, 5.74) is 3.47. The second kappa shape index (κ2) is 8.79. The summed E-state index contributed by atoms with van der Waals surface area (Å²) in [6.07, 6.45) is 4.13. The summed E-state index contributed by atoms with van der Waals surface area (Å²) in [4.78, 5) is 33.9. The first-order chi connectivity index (χ1) is 16.2. The summed E-state index contributed by atoms with van der Waals surface area (Å²) in [7, 11) is 0. The molecule has 2 aliphatic heterocycles. The summed E-state index contributed by atoms with van der Waals surface area (Å²) in [5, 5.41) is 4.48. The van der Waals surface area contributed by atoms with Gasteiger partial charge in [-0.25, -0.2) is 4.99 Å². The molecule has 7 nitrogen and oxygen atoms in total. The molecule has 1 unspecified atom stereocenters. The van der Waals surface area contributed by atoms with E-state index in [1.165, 1.54) is 0 Å². The molecule has 34 heavy (non-hydrogen) atoms. The quantitative estimate of drug-likeness (QED) is 0.652. The fraction of sp³-hybridized carbons (Fsp3) is 0.583. The van der Waals surface area contributed by atoms with Crippen molar-refractivity contribution >= 4 is 23.1 Å². The van der Waals surface area contributed by atoms with Crippen molar-refractivity contribution < 1.29 is 22.8 Å². The Morgan fingerprint density at radius 2 is 1.91 bits per heavy atom. The van der Waals surface area contributed by atoms with E-state index in [0.29, 0.717) is 43.9 Å². The highest BCUT2D eigenvalue weighted by atomic mass is 19.4. The normalized spacial score (nSPS) is 23.5. The van der Waals surface area contributed by atoms with Gasteiger partial charge < -0.3 is 4.90 Å². The minimum atomic E-state index is -4.17. The van der Waals surface area contributed by atoms with Gasteiger partial charge in [-0.1, -0.05) is 18.6 Å².